The predicted octanol–water partition coefficient (Wildman–Crippen LogP) is 6.65. The quantitative estimate of drug-likeness (QED) is 0.0673. The fourth-order valence-corrected chi connectivity index (χ4v) is 11.6. The Balaban J connectivity index is 1.45. The van der Waals surface area contributed by atoms with Gasteiger partial charge in [0.05, 0.1) is 77.3 Å². The van der Waals surface area contributed by atoms with E-state index in [1.54, 1.807) is 27.0 Å². The normalized spacial score (nSPS) is 36.8. The molecule has 1 aliphatic carbocycles. The van der Waals surface area contributed by atoms with Crippen LogP contribution in [0.4, 0.5) is 0 Å². The molecule has 4 heterocycles. The topological polar surface area (TPSA) is 221 Å². The first kappa shape index (κ1) is 65.3. The van der Waals surface area contributed by atoms with Gasteiger partial charge >= 0.3 is 5.97 Å². The van der Waals surface area contributed by atoms with Gasteiger partial charge in [-0.05, 0) is 107 Å². The van der Waals surface area contributed by atoms with E-state index in [0.29, 0.717) is 90.0 Å². The SMILES string of the molecule is CO[C@@H]1/C(C)=C/[C@@H](C)C(=O)C[C@@H]([C@H](C)C[C@@H]2CC[C@@H](OCCO)[C@H](OC)C2)OC(=O)[C@@H]2CCCCN2C(=O)C(=O)[C@]2(O)O[C@@H](CC[C@H]2C)C[C@H](OCCOCCOC2COC2)/C(C)=C/C=C/C=C/[C@@H](C)C[C@@H](C)C(=O)[C@@H]1OC. The number of aliphatic hydroxyl groups excluding tert-OH is 1. The molecule has 0 aromatic heterocycles. The number of aliphatic hydroxyl groups is 2. The molecule has 0 aromatic rings. The number of hydrogen-bond acceptors (Lipinski definition) is 17. The number of rotatable bonds is 17. The van der Waals surface area contributed by atoms with E-state index in [9.17, 15) is 34.2 Å². The number of carbonyl (C=O) groups excluding carboxylic acids is 5. The molecule has 4 fully saturated rings. The Bertz CT molecular complexity index is 2040. The van der Waals surface area contributed by atoms with Gasteiger partial charge in [0.15, 0.2) is 5.78 Å². The number of carbonyl (C=O) groups is 5. The maximum absolute atomic E-state index is 14.7. The van der Waals surface area contributed by atoms with E-state index in [-0.39, 0.29) is 99.2 Å². The zero-order valence-corrected chi connectivity index (χ0v) is 48.4. The van der Waals surface area contributed by atoms with Crippen molar-refractivity contribution in [1.29, 1.82) is 0 Å². The molecule has 2 bridgehead atoms. The van der Waals surface area contributed by atoms with Crippen molar-refractivity contribution < 1.29 is 81.6 Å². The maximum Gasteiger partial charge on any atom is 0.329 e. The zero-order chi connectivity index (χ0) is 56.9. The van der Waals surface area contributed by atoms with Crippen molar-refractivity contribution in [3.63, 3.8) is 0 Å². The minimum atomic E-state index is -2.48. The number of methoxy groups -OCH3 is 3. The summed E-state index contributed by atoms with van der Waals surface area (Å²) in [6, 6.07) is -1.16. The molecule has 4 aliphatic heterocycles. The van der Waals surface area contributed by atoms with E-state index in [2.05, 4.69) is 0 Å². The summed E-state index contributed by atoms with van der Waals surface area (Å²) in [5.41, 5.74) is 1.49. The third kappa shape index (κ3) is 18.8. The summed E-state index contributed by atoms with van der Waals surface area (Å²) in [5, 5.41) is 21.7. The Kier molecular flexibility index (Phi) is 27.4. The number of amides is 1. The second-order valence-corrected chi connectivity index (χ2v) is 22.6. The van der Waals surface area contributed by atoms with Crippen molar-refractivity contribution in [1.82, 2.24) is 4.90 Å². The Morgan fingerprint density at radius 3 is 2.18 bits per heavy atom. The van der Waals surface area contributed by atoms with Crippen LogP contribution in [0.25, 0.3) is 0 Å². The van der Waals surface area contributed by atoms with E-state index in [1.807, 2.05) is 65.0 Å². The van der Waals surface area contributed by atoms with E-state index < -0.39 is 71.8 Å². The van der Waals surface area contributed by atoms with Gasteiger partial charge in [-0.15, -0.1) is 0 Å². The highest BCUT2D eigenvalue weighted by Crippen LogP contribution is 2.38. The smallest absolute Gasteiger partial charge is 0.329 e. The summed E-state index contributed by atoms with van der Waals surface area (Å²) in [5.74, 6) is -7.72. The molecule has 0 radical (unpaired) electrons. The van der Waals surface area contributed by atoms with Crippen LogP contribution in [0.3, 0.4) is 0 Å². The molecule has 78 heavy (non-hydrogen) atoms. The van der Waals surface area contributed by atoms with E-state index in [1.165, 1.54) is 19.1 Å². The molecular formula is C60H95NO17. The average molecular weight is 1100 g/mol. The Morgan fingerprint density at radius 2 is 1.50 bits per heavy atom. The van der Waals surface area contributed by atoms with Crippen molar-refractivity contribution in [2.45, 2.75) is 186 Å². The van der Waals surface area contributed by atoms with Crippen LogP contribution in [0.5, 0.6) is 0 Å². The molecule has 1 amide bonds. The van der Waals surface area contributed by atoms with Crippen LogP contribution < -0.4 is 0 Å². The van der Waals surface area contributed by atoms with Crippen molar-refractivity contribution in [3.05, 3.63) is 47.6 Å². The van der Waals surface area contributed by atoms with Crippen LogP contribution in [-0.4, -0.2) is 186 Å². The lowest BCUT2D eigenvalue weighted by molar-refractivity contribution is -0.266. The van der Waals surface area contributed by atoms with Crippen LogP contribution in [-0.2, 0) is 71.3 Å². The van der Waals surface area contributed by atoms with E-state index in [0.717, 1.165) is 12.0 Å². The summed E-state index contributed by atoms with van der Waals surface area (Å²) in [6.07, 6.45) is 12.9. The van der Waals surface area contributed by atoms with Crippen molar-refractivity contribution in [2.24, 2.45) is 35.5 Å². The highest BCUT2D eigenvalue weighted by atomic mass is 16.6. The number of hydrogen-bond donors (Lipinski definition) is 2. The maximum atomic E-state index is 14.7. The molecule has 1 saturated carbocycles. The number of allylic oxidation sites excluding steroid dienone is 6. The number of cyclic esters (lactones) is 1. The van der Waals surface area contributed by atoms with Crippen LogP contribution in [0.2, 0.25) is 0 Å². The summed E-state index contributed by atoms with van der Waals surface area (Å²) in [6.45, 7) is 15.8. The van der Waals surface area contributed by atoms with Gasteiger partial charge in [-0.3, -0.25) is 19.2 Å². The van der Waals surface area contributed by atoms with Crippen molar-refractivity contribution in [3.8, 4) is 0 Å². The van der Waals surface area contributed by atoms with Crippen LogP contribution in [0, 0.1) is 35.5 Å². The summed E-state index contributed by atoms with van der Waals surface area (Å²) in [7, 11) is 4.63. The molecule has 15 atom stereocenters. The lowest BCUT2D eigenvalue weighted by atomic mass is 9.78. The molecule has 442 valence electrons. The lowest BCUT2D eigenvalue weighted by Gasteiger charge is -2.43. The first-order chi connectivity index (χ1) is 37.3. The predicted molar refractivity (Wildman–Crippen MR) is 291 cm³/mol. The second-order valence-electron chi connectivity index (χ2n) is 22.6. The summed E-state index contributed by atoms with van der Waals surface area (Å²) < 4.78 is 59.3. The number of nitrogens with zero attached hydrogens (tertiary/aromatic N) is 1. The highest BCUT2D eigenvalue weighted by Gasteiger charge is 2.53. The number of esters is 1. The molecule has 0 spiro atoms. The molecule has 2 N–H and O–H groups in total. The van der Waals surface area contributed by atoms with Gasteiger partial charge in [-0.2, -0.15) is 0 Å². The Labute approximate surface area is 464 Å². The molecule has 3 saturated heterocycles. The number of ether oxygens (including phenoxy) is 10. The van der Waals surface area contributed by atoms with Gasteiger partial charge in [0.1, 0.15) is 36.2 Å². The molecule has 5 rings (SSSR count). The van der Waals surface area contributed by atoms with E-state index in [4.69, 9.17) is 47.4 Å². The van der Waals surface area contributed by atoms with Gasteiger partial charge in [-0.25, -0.2) is 4.79 Å². The standard InChI is InChI=1S/C60H95NO17/c1-38-16-12-11-13-17-39(2)51(76-29-27-72-26-28-74-47-36-73-37-47)34-46-21-19-44(7)60(68,78-46)57(65)58(66)61-23-15-14-18-48(61)59(67)77-52(41(4)32-45-20-22-50(75-25-24-62)53(33-45)69-8)35-49(63)40(3)31-43(6)55(70-9)56(71-10)54(64)42(5)30-38/h11-13,16-17,31,38,40-42,44-48,50-53,55-56,62,68H,14-15,18-30,32-37H2,1-10H3/b13-11+,16-12+,39-17+,43-31+/t38-,40-,41-,42-,44-,45+,46+,48+,50-,51+,52+,53-,55-,56+,60-/m1/s1. The molecular weight excluding hydrogens is 1010 g/mol. The highest BCUT2D eigenvalue weighted by molar-refractivity contribution is 6.39. The molecule has 18 nitrogen and oxygen atoms in total. The third-order valence-electron chi connectivity index (χ3n) is 16.6. The van der Waals surface area contributed by atoms with Crippen LogP contribution in [0.1, 0.15) is 126 Å². The van der Waals surface area contributed by atoms with Gasteiger partial charge in [0.2, 0.25) is 5.79 Å². The third-order valence-corrected chi connectivity index (χ3v) is 16.6. The van der Waals surface area contributed by atoms with Gasteiger partial charge < -0.3 is 62.5 Å². The number of Topliss-reactive ketones (excluding diaryl/α,β-unsaturated/α-hetero) is 3. The minimum absolute atomic E-state index is 0.0257. The van der Waals surface area contributed by atoms with Gasteiger partial charge in [0, 0.05) is 58.5 Å². The van der Waals surface area contributed by atoms with Crippen molar-refractivity contribution in [2.75, 3.05) is 80.7 Å². The summed E-state index contributed by atoms with van der Waals surface area (Å²) in [4.78, 5) is 73.5. The number of ketones is 3. The minimum Gasteiger partial charge on any atom is -0.460 e. The van der Waals surface area contributed by atoms with Gasteiger partial charge in [-0.1, -0.05) is 71.1 Å². The molecule has 18 heteroatoms. The molecule has 0 unspecified atom stereocenters. The largest absolute Gasteiger partial charge is 0.460 e. The van der Waals surface area contributed by atoms with Crippen LogP contribution in [0.15, 0.2) is 47.6 Å². The van der Waals surface area contributed by atoms with Gasteiger partial charge in [0.25, 0.3) is 11.7 Å². The number of piperidine rings is 1. The van der Waals surface area contributed by atoms with Crippen molar-refractivity contribution >= 4 is 29.2 Å². The molecule has 0 aromatic carbocycles. The first-order valence-corrected chi connectivity index (χ1v) is 28.8. The lowest BCUT2D eigenvalue weighted by Crippen LogP contribution is -2.61. The van der Waals surface area contributed by atoms with Crippen LogP contribution >= 0.6 is 0 Å². The first-order valence-electron chi connectivity index (χ1n) is 28.8. The Hall–Kier alpha value is -3.53. The average Bonchev–Trinajstić information content (AvgIpc) is 3.45. The van der Waals surface area contributed by atoms with E-state index >= 15 is 0 Å². The number of fused-ring (bicyclic) bond motifs is 3. The fourth-order valence-electron chi connectivity index (χ4n) is 11.6. The fraction of sp³-hybridized carbons (Fsp3) is 0.783. The zero-order valence-electron chi connectivity index (χ0n) is 48.4. The Morgan fingerprint density at radius 1 is 0.769 bits per heavy atom. The monoisotopic (exact) mass is 1100 g/mol. The summed E-state index contributed by atoms with van der Waals surface area (Å²) >= 11 is 0. The second kappa shape index (κ2) is 32.8. The molecule has 5 aliphatic rings.